The third kappa shape index (κ3) is 4.87. The van der Waals surface area contributed by atoms with Gasteiger partial charge in [-0.25, -0.2) is 9.97 Å². The first-order chi connectivity index (χ1) is 24.6. The van der Waals surface area contributed by atoms with Gasteiger partial charge in [-0.05, 0) is 82.3 Å². The molecule has 0 radical (unpaired) electrons. The van der Waals surface area contributed by atoms with E-state index in [2.05, 4.69) is 6.07 Å². The summed E-state index contributed by atoms with van der Waals surface area (Å²) in [5.41, 5.74) is 3.89. The maximum Gasteiger partial charge on any atom is 0.417 e. The topological polar surface area (TPSA) is 169 Å². The second-order valence-electron chi connectivity index (χ2n) is 11.6. The molecule has 2 aliphatic carbocycles. The first-order valence-corrected chi connectivity index (χ1v) is 15.0. The van der Waals surface area contributed by atoms with Crippen LogP contribution >= 0.6 is 0 Å². The first-order valence-electron chi connectivity index (χ1n) is 15.0. The first kappa shape index (κ1) is 31.8. The van der Waals surface area contributed by atoms with Gasteiger partial charge in [0.1, 0.15) is 46.8 Å². The summed E-state index contributed by atoms with van der Waals surface area (Å²) in [6.07, 6.45) is -4.79. The van der Waals surface area contributed by atoms with Gasteiger partial charge in [0, 0.05) is 22.3 Å². The summed E-state index contributed by atoms with van der Waals surface area (Å²) in [5.74, 6) is 0. The molecule has 0 saturated heterocycles. The van der Waals surface area contributed by atoms with Gasteiger partial charge in [-0.2, -0.15) is 44.7 Å². The molecule has 0 saturated carbocycles. The molecule has 0 aliphatic heterocycles. The molecule has 0 spiro atoms. The monoisotopic (exact) mass is 664 g/mol. The summed E-state index contributed by atoms with van der Waals surface area (Å²) in [5, 5.41) is 58.6. The molecular weight excluding hydrogens is 649 g/mol. The number of aryl methyl sites for hydroxylation is 1. The number of allylic oxidation sites excluding steroid dienone is 2. The van der Waals surface area contributed by atoms with Crippen LogP contribution in [0.2, 0.25) is 0 Å². The summed E-state index contributed by atoms with van der Waals surface area (Å²) >= 11 is 0. The van der Waals surface area contributed by atoms with Gasteiger partial charge < -0.3 is 0 Å². The molecular formula is C40H15F3N8. The van der Waals surface area contributed by atoms with Gasteiger partial charge in [0.15, 0.2) is 0 Å². The molecule has 0 amide bonds. The molecule has 0 N–H and O–H groups in total. The van der Waals surface area contributed by atoms with E-state index >= 15 is 0 Å². The summed E-state index contributed by atoms with van der Waals surface area (Å²) < 4.78 is 42.5. The van der Waals surface area contributed by atoms with Crippen molar-refractivity contribution >= 4 is 11.1 Å². The van der Waals surface area contributed by atoms with E-state index in [1.165, 1.54) is 30.3 Å². The second kappa shape index (κ2) is 11.7. The van der Waals surface area contributed by atoms with Crippen molar-refractivity contribution in [3.05, 3.63) is 129 Å². The van der Waals surface area contributed by atoms with E-state index in [4.69, 9.17) is 9.97 Å². The number of nitriles is 6. The van der Waals surface area contributed by atoms with Gasteiger partial charge in [-0.15, -0.1) is 0 Å². The minimum atomic E-state index is -4.79. The fraction of sp³-hybridized carbons (Fsp3) is 0.0500. The number of hydrogen-bond acceptors (Lipinski definition) is 8. The Morgan fingerprint density at radius 2 is 0.941 bits per heavy atom. The number of halogens is 3. The van der Waals surface area contributed by atoms with Crippen LogP contribution in [0.25, 0.3) is 55.9 Å². The van der Waals surface area contributed by atoms with Gasteiger partial charge in [0.2, 0.25) is 0 Å². The van der Waals surface area contributed by atoms with Gasteiger partial charge >= 0.3 is 6.18 Å². The van der Waals surface area contributed by atoms with Crippen molar-refractivity contribution < 1.29 is 13.2 Å². The standard InChI is InChI=1S/C40H15F3N8/c1-20-10-21(14-44)2-6-27(20)23-4-8-29-31(12-23)34(25(16-46)17-47)38-36(29)50-39-35(26(18-48)19-49)32-13-24(5-9-30(32)37(39)51-38)28-7-3-22(15-45)11-33(28)40(41,42)43/h2-13H,1H3. The number of nitrogens with zero attached hydrogens (tertiary/aromatic N) is 8. The van der Waals surface area contributed by atoms with Crippen LogP contribution in [0, 0.1) is 74.9 Å². The van der Waals surface area contributed by atoms with Crippen molar-refractivity contribution in [2.45, 2.75) is 13.1 Å². The highest BCUT2D eigenvalue weighted by molar-refractivity contribution is 6.07. The van der Waals surface area contributed by atoms with Crippen LogP contribution in [0.1, 0.15) is 44.8 Å². The highest BCUT2D eigenvalue weighted by Crippen LogP contribution is 2.51. The summed E-state index contributed by atoms with van der Waals surface area (Å²) in [7, 11) is 0. The van der Waals surface area contributed by atoms with Crippen molar-refractivity contribution in [1.29, 1.82) is 31.6 Å². The lowest BCUT2D eigenvalue weighted by Gasteiger charge is -2.14. The molecule has 0 bridgehead atoms. The minimum absolute atomic E-state index is 0.0777. The van der Waals surface area contributed by atoms with Crippen LogP contribution in [0.4, 0.5) is 13.2 Å². The number of alkyl halides is 3. The third-order valence-corrected chi connectivity index (χ3v) is 8.84. The molecule has 236 valence electrons. The van der Waals surface area contributed by atoms with Gasteiger partial charge in [0.05, 0.1) is 40.2 Å². The van der Waals surface area contributed by atoms with Crippen molar-refractivity contribution in [2.24, 2.45) is 0 Å². The molecule has 8 nitrogen and oxygen atoms in total. The number of rotatable bonds is 2. The minimum Gasteiger partial charge on any atom is -0.243 e. The van der Waals surface area contributed by atoms with E-state index in [-0.39, 0.29) is 67.3 Å². The molecule has 1 heterocycles. The molecule has 4 aromatic carbocycles. The Balaban J connectivity index is 1.47. The third-order valence-electron chi connectivity index (χ3n) is 8.84. The molecule has 0 fully saturated rings. The van der Waals surface area contributed by atoms with E-state index in [1.807, 2.05) is 49.4 Å². The summed E-state index contributed by atoms with van der Waals surface area (Å²) in [6.45, 7) is 1.86. The predicted molar refractivity (Wildman–Crippen MR) is 177 cm³/mol. The maximum absolute atomic E-state index is 14.2. The van der Waals surface area contributed by atoms with Crippen LogP contribution in [0.5, 0.6) is 0 Å². The average molecular weight is 665 g/mol. The van der Waals surface area contributed by atoms with E-state index in [9.17, 15) is 44.7 Å². The average Bonchev–Trinajstić information content (AvgIpc) is 3.62. The largest absolute Gasteiger partial charge is 0.417 e. The smallest absolute Gasteiger partial charge is 0.243 e. The molecule has 1 aromatic heterocycles. The molecule has 2 aliphatic rings. The molecule has 5 aromatic rings. The van der Waals surface area contributed by atoms with E-state index in [0.717, 1.165) is 22.8 Å². The molecule has 7 rings (SSSR count). The van der Waals surface area contributed by atoms with Gasteiger partial charge in [-0.3, -0.25) is 0 Å². The fourth-order valence-electron chi connectivity index (χ4n) is 6.60. The molecule has 11 heteroatoms. The Bertz CT molecular complexity index is 2730. The van der Waals surface area contributed by atoms with Crippen LogP contribution in [-0.4, -0.2) is 9.97 Å². The quantitative estimate of drug-likeness (QED) is 0.166. The lowest BCUT2D eigenvalue weighted by molar-refractivity contribution is -0.137. The van der Waals surface area contributed by atoms with Gasteiger partial charge in [-0.1, -0.05) is 36.4 Å². The van der Waals surface area contributed by atoms with Crippen molar-refractivity contribution in [3.8, 4) is 81.2 Å². The van der Waals surface area contributed by atoms with E-state index in [1.54, 1.807) is 24.3 Å². The highest BCUT2D eigenvalue weighted by atomic mass is 19.4. The second-order valence-corrected chi connectivity index (χ2v) is 11.6. The normalized spacial score (nSPS) is 11.7. The highest BCUT2D eigenvalue weighted by Gasteiger charge is 2.38. The molecule has 0 unspecified atom stereocenters. The summed E-state index contributed by atoms with van der Waals surface area (Å²) in [6, 6.07) is 29.8. The zero-order valence-electron chi connectivity index (χ0n) is 26.1. The van der Waals surface area contributed by atoms with Crippen molar-refractivity contribution in [3.63, 3.8) is 0 Å². The lowest BCUT2D eigenvalue weighted by Crippen LogP contribution is -2.07. The summed E-state index contributed by atoms with van der Waals surface area (Å²) in [4.78, 5) is 9.77. The van der Waals surface area contributed by atoms with Crippen molar-refractivity contribution in [2.75, 3.05) is 0 Å². The Hall–Kier alpha value is -7.83. The maximum atomic E-state index is 14.2. The Labute approximate surface area is 288 Å². The van der Waals surface area contributed by atoms with Gasteiger partial charge in [0.25, 0.3) is 0 Å². The fourth-order valence-corrected chi connectivity index (χ4v) is 6.60. The van der Waals surface area contributed by atoms with Crippen LogP contribution < -0.4 is 0 Å². The van der Waals surface area contributed by atoms with Crippen molar-refractivity contribution in [1.82, 2.24) is 9.97 Å². The number of aromatic nitrogens is 2. The van der Waals surface area contributed by atoms with E-state index < -0.39 is 11.7 Å². The predicted octanol–water partition coefficient (Wildman–Crippen LogP) is 8.54. The molecule has 51 heavy (non-hydrogen) atoms. The zero-order valence-corrected chi connectivity index (χ0v) is 26.1. The number of hydrogen-bond donors (Lipinski definition) is 0. The molecule has 0 atom stereocenters. The van der Waals surface area contributed by atoms with Crippen LogP contribution in [0.15, 0.2) is 83.9 Å². The Kier molecular flexibility index (Phi) is 7.28. The Morgan fingerprint density at radius 1 is 0.510 bits per heavy atom. The van der Waals surface area contributed by atoms with Crippen LogP contribution in [0.3, 0.4) is 0 Å². The lowest BCUT2D eigenvalue weighted by atomic mass is 9.93. The number of benzene rings is 4. The SMILES string of the molecule is Cc1cc(C#N)ccc1-c1ccc2c(c1)C(=C(C#N)C#N)c1nc3c(nc1-2)C(=C(C#N)C#N)c1cc(-c2ccc(C#N)cc2C(F)(F)F)ccc1-3. The number of fused-ring (bicyclic) bond motifs is 6. The Morgan fingerprint density at radius 3 is 1.37 bits per heavy atom. The zero-order chi connectivity index (χ0) is 36.2. The van der Waals surface area contributed by atoms with E-state index in [0.29, 0.717) is 22.3 Å². The van der Waals surface area contributed by atoms with Crippen LogP contribution in [-0.2, 0) is 6.18 Å².